The number of nitrogens with zero attached hydrogens (tertiary/aromatic N) is 5. The number of benzene rings is 1. The Morgan fingerprint density at radius 2 is 1.80 bits per heavy atom. The molecule has 13 nitrogen and oxygen atoms in total. The summed E-state index contributed by atoms with van der Waals surface area (Å²) >= 11 is 0. The molecule has 10 rings (SSSR count). The Kier molecular flexibility index (Phi) is 8.32. The average Bonchev–Trinajstić information content (AvgIpc) is 3.80. The van der Waals surface area contributed by atoms with Crippen molar-refractivity contribution in [2.24, 2.45) is 11.3 Å². The molecule has 3 saturated heterocycles. The van der Waals surface area contributed by atoms with Crippen LogP contribution in [0.15, 0.2) is 42.6 Å². The van der Waals surface area contributed by atoms with E-state index in [0.717, 1.165) is 67.8 Å². The number of piperidine rings is 2. The molecule has 54 heavy (non-hydrogen) atoms. The molecule has 3 aliphatic carbocycles. The van der Waals surface area contributed by atoms with E-state index in [2.05, 4.69) is 40.6 Å². The highest BCUT2D eigenvalue weighted by molar-refractivity contribution is 6.03. The van der Waals surface area contributed by atoms with Crippen LogP contribution in [0.5, 0.6) is 0 Å². The highest BCUT2D eigenvalue weighted by Gasteiger charge is 2.70. The van der Waals surface area contributed by atoms with Crippen LogP contribution in [-0.4, -0.2) is 111 Å². The quantitative estimate of drug-likeness (QED) is 0.208. The maximum Gasteiger partial charge on any atom is 0.270 e. The summed E-state index contributed by atoms with van der Waals surface area (Å²) in [5, 5.41) is 13.2. The predicted molar refractivity (Wildman–Crippen MR) is 195 cm³/mol. The summed E-state index contributed by atoms with van der Waals surface area (Å²) < 4.78 is 30.0. The van der Waals surface area contributed by atoms with E-state index in [1.807, 2.05) is 35.2 Å². The van der Waals surface area contributed by atoms with E-state index in [0.29, 0.717) is 54.4 Å². The van der Waals surface area contributed by atoms with Crippen molar-refractivity contribution in [3.8, 4) is 11.4 Å². The van der Waals surface area contributed by atoms with E-state index in [1.165, 1.54) is 0 Å². The first-order valence-electron chi connectivity index (χ1n) is 18.9. The van der Waals surface area contributed by atoms with Crippen molar-refractivity contribution in [2.45, 2.75) is 63.3 Å². The first-order chi connectivity index (χ1) is 26.0. The zero-order chi connectivity index (χ0) is 37.4. The Labute approximate surface area is 310 Å². The van der Waals surface area contributed by atoms with Crippen molar-refractivity contribution >= 4 is 40.2 Å². The van der Waals surface area contributed by atoms with E-state index < -0.39 is 35.1 Å². The Morgan fingerprint density at radius 1 is 1.00 bits per heavy atom. The molecule has 1 saturated carbocycles. The summed E-state index contributed by atoms with van der Waals surface area (Å²) in [6.07, 6.45) is 4.96. The zero-order valence-electron chi connectivity index (χ0n) is 30.1. The molecule has 6 heterocycles. The number of pyridine rings is 1. The van der Waals surface area contributed by atoms with Crippen LogP contribution in [0.2, 0.25) is 0 Å². The lowest BCUT2D eigenvalue weighted by atomic mass is 9.51. The standard InChI is InChI=1S/C39H43F2N9O4/c1-38-18-26(39(38,40)41)33-31(19-38)46-47-34(33)30-17-24-16-23(2-4-27(24)43-30)37(54)50-14-12-48(13-15-50)21-22-8-10-49(11-9-22)25-3-5-28(42-20-25)35(52)44-29-6-7-32(51)45-36(29)53/h2-5,16-17,20,22,26,29,43H,6-15,18-19,21H2,1H3,(H,44,52)(H,46,47)(H,45,51,53)/t26?,29-,38-/m0/s1. The van der Waals surface area contributed by atoms with E-state index in [-0.39, 0.29) is 30.3 Å². The van der Waals surface area contributed by atoms with Gasteiger partial charge in [-0.2, -0.15) is 5.10 Å². The molecule has 2 bridgehead atoms. The lowest BCUT2D eigenvalue weighted by Gasteiger charge is -2.56. The molecule has 4 fully saturated rings. The smallest absolute Gasteiger partial charge is 0.270 e. The van der Waals surface area contributed by atoms with Crippen LogP contribution in [-0.2, 0) is 16.0 Å². The van der Waals surface area contributed by atoms with Crippen LogP contribution < -0.4 is 15.5 Å². The third-order valence-electron chi connectivity index (χ3n) is 12.5. The number of amides is 4. The van der Waals surface area contributed by atoms with E-state index in [9.17, 15) is 28.0 Å². The fourth-order valence-corrected chi connectivity index (χ4v) is 9.19. The molecule has 6 aliphatic rings. The largest absolute Gasteiger partial charge is 0.370 e. The topological polar surface area (TPSA) is 159 Å². The number of nitrogens with one attached hydrogen (secondary N) is 4. The van der Waals surface area contributed by atoms with Gasteiger partial charge in [-0.1, -0.05) is 6.92 Å². The van der Waals surface area contributed by atoms with Gasteiger partial charge >= 0.3 is 0 Å². The van der Waals surface area contributed by atoms with Crippen molar-refractivity contribution in [3.63, 3.8) is 0 Å². The van der Waals surface area contributed by atoms with E-state index >= 15 is 0 Å². The number of fused-ring (bicyclic) bond motifs is 1. The van der Waals surface area contributed by atoms with Crippen LogP contribution in [0, 0.1) is 11.3 Å². The Balaban J connectivity index is 0.752. The summed E-state index contributed by atoms with van der Waals surface area (Å²) in [7, 11) is 0. The van der Waals surface area contributed by atoms with E-state index in [4.69, 9.17) is 0 Å². The number of carbonyl (C=O) groups is 4. The van der Waals surface area contributed by atoms with Gasteiger partial charge in [0.05, 0.1) is 23.5 Å². The van der Waals surface area contributed by atoms with Gasteiger partial charge in [-0.3, -0.25) is 34.5 Å². The monoisotopic (exact) mass is 739 g/mol. The number of anilines is 1. The molecule has 282 valence electrons. The fourth-order valence-electron chi connectivity index (χ4n) is 9.19. The number of H-pyrrole nitrogens is 2. The Morgan fingerprint density at radius 3 is 2.52 bits per heavy atom. The Hall–Kier alpha value is -5.18. The van der Waals surface area contributed by atoms with Crippen LogP contribution >= 0.6 is 0 Å². The number of piperazine rings is 1. The summed E-state index contributed by atoms with van der Waals surface area (Å²) in [6.45, 7) is 7.31. The first kappa shape index (κ1) is 34.6. The number of alkyl halides is 2. The number of imide groups is 1. The van der Waals surface area contributed by atoms with E-state index in [1.54, 1.807) is 19.2 Å². The number of hydrogen-bond acceptors (Lipinski definition) is 8. The van der Waals surface area contributed by atoms with Crippen LogP contribution in [0.1, 0.15) is 77.0 Å². The molecule has 4 amide bonds. The molecule has 0 radical (unpaired) electrons. The number of carbonyl (C=O) groups excluding carboxylic acids is 4. The maximum absolute atomic E-state index is 15.0. The average molecular weight is 740 g/mol. The minimum absolute atomic E-state index is 0.00812. The number of rotatable bonds is 7. The van der Waals surface area contributed by atoms with Crippen molar-refractivity contribution in [3.05, 3.63) is 65.1 Å². The lowest BCUT2D eigenvalue weighted by Crippen LogP contribution is -2.59. The second kappa shape index (κ2) is 13.0. The first-order valence-corrected chi connectivity index (χ1v) is 18.9. The highest BCUT2D eigenvalue weighted by Crippen LogP contribution is 2.68. The fraction of sp³-hybridized carbons (Fsp3) is 0.487. The van der Waals surface area contributed by atoms with Gasteiger partial charge in [0, 0.05) is 91.8 Å². The molecule has 0 spiro atoms. The molecule has 1 aromatic carbocycles. The molecule has 3 aromatic heterocycles. The van der Waals surface area contributed by atoms with Crippen molar-refractivity contribution in [2.75, 3.05) is 50.7 Å². The summed E-state index contributed by atoms with van der Waals surface area (Å²) in [6, 6.07) is 10.3. The van der Waals surface area contributed by atoms with Gasteiger partial charge in [-0.15, -0.1) is 0 Å². The van der Waals surface area contributed by atoms with Gasteiger partial charge in [0.2, 0.25) is 11.8 Å². The molecule has 3 atom stereocenters. The molecule has 4 aromatic rings. The van der Waals surface area contributed by atoms with Crippen molar-refractivity contribution in [1.29, 1.82) is 0 Å². The third kappa shape index (κ3) is 5.92. The molecular weight excluding hydrogens is 696 g/mol. The van der Waals surface area contributed by atoms with Crippen molar-refractivity contribution < 1.29 is 28.0 Å². The predicted octanol–water partition coefficient (Wildman–Crippen LogP) is 3.85. The zero-order valence-corrected chi connectivity index (χ0v) is 30.1. The summed E-state index contributed by atoms with van der Waals surface area (Å²) in [5.41, 5.74) is 4.25. The third-order valence-corrected chi connectivity index (χ3v) is 12.5. The number of aromatic nitrogens is 4. The molecular formula is C39H43F2N9O4. The number of hydrogen-bond donors (Lipinski definition) is 4. The van der Waals surface area contributed by atoms with Crippen LogP contribution in [0.25, 0.3) is 22.3 Å². The van der Waals surface area contributed by atoms with Gasteiger partial charge in [-0.25, -0.2) is 13.8 Å². The molecule has 15 heteroatoms. The minimum Gasteiger partial charge on any atom is -0.370 e. The molecule has 1 unspecified atom stereocenters. The normalized spacial score (nSPS) is 25.6. The lowest BCUT2D eigenvalue weighted by molar-refractivity contribution is -0.220. The SMILES string of the molecule is C[C@@]12Cc3[nH]nc(-c4cc5cc(C(=O)N6CCN(CC7CCN(c8ccc(C(=O)N[C@H]9CCC(=O)NC9=O)nc8)CC7)CC6)ccc5[nH]4)c3C(C1)C2(F)F. The van der Waals surface area contributed by atoms with Crippen LogP contribution in [0.4, 0.5) is 14.5 Å². The number of halogens is 2. The van der Waals surface area contributed by atoms with Gasteiger partial charge in [0.15, 0.2) is 0 Å². The van der Waals surface area contributed by atoms with Gasteiger partial charge in [-0.05, 0) is 68.0 Å². The summed E-state index contributed by atoms with van der Waals surface area (Å²) in [4.78, 5) is 63.9. The van der Waals surface area contributed by atoms with Gasteiger partial charge in [0.25, 0.3) is 17.7 Å². The molecule has 4 N–H and O–H groups in total. The molecule has 3 aliphatic heterocycles. The second-order valence-corrected chi connectivity index (χ2v) is 16.0. The van der Waals surface area contributed by atoms with Crippen LogP contribution in [0.3, 0.4) is 0 Å². The van der Waals surface area contributed by atoms with Crippen molar-refractivity contribution in [1.82, 2.24) is 40.6 Å². The minimum atomic E-state index is -2.74. The van der Waals surface area contributed by atoms with Gasteiger partial charge in [0.1, 0.15) is 17.4 Å². The van der Waals surface area contributed by atoms with Gasteiger partial charge < -0.3 is 20.1 Å². The number of aromatic amines is 2. The summed E-state index contributed by atoms with van der Waals surface area (Å²) in [5.74, 6) is -4.30. The highest BCUT2D eigenvalue weighted by atomic mass is 19.3. The maximum atomic E-state index is 15.0. The Bertz CT molecular complexity index is 2150. The second-order valence-electron chi connectivity index (χ2n) is 16.0.